The number of aromatic amines is 1. The SMILES string of the molecule is CC(CN=O)COCCN(C)c1ccc(/C=C/c2ccc(=O)[nH]c2)cc1. The summed E-state index contributed by atoms with van der Waals surface area (Å²) in [6, 6.07) is 11.5. The molecule has 0 fully saturated rings. The van der Waals surface area contributed by atoms with E-state index in [2.05, 4.69) is 27.2 Å². The molecule has 1 atom stereocenters. The monoisotopic (exact) mass is 355 g/mol. The van der Waals surface area contributed by atoms with E-state index >= 15 is 0 Å². The van der Waals surface area contributed by atoms with Crippen LogP contribution >= 0.6 is 0 Å². The van der Waals surface area contributed by atoms with E-state index < -0.39 is 0 Å². The van der Waals surface area contributed by atoms with Crippen molar-refractivity contribution in [1.29, 1.82) is 0 Å². The number of H-pyrrole nitrogens is 1. The Kier molecular flexibility index (Phi) is 7.76. The first-order valence-corrected chi connectivity index (χ1v) is 8.63. The van der Waals surface area contributed by atoms with Crippen LogP contribution in [0.2, 0.25) is 0 Å². The van der Waals surface area contributed by atoms with Crippen molar-refractivity contribution in [2.24, 2.45) is 11.1 Å². The summed E-state index contributed by atoms with van der Waals surface area (Å²) in [4.78, 5) is 26.0. The smallest absolute Gasteiger partial charge is 0.247 e. The maximum atomic E-state index is 11.0. The molecule has 0 aliphatic heterocycles. The molecule has 6 heteroatoms. The van der Waals surface area contributed by atoms with Crippen molar-refractivity contribution in [1.82, 2.24) is 4.98 Å². The predicted molar refractivity (Wildman–Crippen MR) is 106 cm³/mol. The summed E-state index contributed by atoms with van der Waals surface area (Å²) < 4.78 is 5.58. The Morgan fingerprint density at radius 1 is 1.15 bits per heavy atom. The molecular weight excluding hydrogens is 330 g/mol. The van der Waals surface area contributed by atoms with Crippen molar-refractivity contribution >= 4 is 17.8 Å². The van der Waals surface area contributed by atoms with Gasteiger partial charge in [-0.05, 0) is 29.3 Å². The Labute approximate surface area is 153 Å². The van der Waals surface area contributed by atoms with Gasteiger partial charge in [0.25, 0.3) is 0 Å². The summed E-state index contributed by atoms with van der Waals surface area (Å²) in [5.74, 6) is 0.159. The van der Waals surface area contributed by atoms with Crippen molar-refractivity contribution in [3.63, 3.8) is 0 Å². The molecule has 1 N–H and O–H groups in total. The maximum absolute atomic E-state index is 11.0. The van der Waals surface area contributed by atoms with Gasteiger partial charge in [0, 0.05) is 37.5 Å². The molecule has 2 aromatic rings. The number of nitroso groups, excluding NO2 is 1. The standard InChI is InChI=1S/C20H25N3O3/c1-16(13-22-25)15-26-12-11-23(2)19-8-5-17(6-9-19)3-4-18-7-10-20(24)21-14-18/h3-10,14,16H,11-13,15H2,1-2H3,(H,21,24)/b4-3+. The van der Waals surface area contributed by atoms with Gasteiger partial charge in [-0.3, -0.25) is 4.79 Å². The predicted octanol–water partition coefficient (Wildman–Crippen LogP) is 3.40. The van der Waals surface area contributed by atoms with Crippen LogP contribution in [0.3, 0.4) is 0 Å². The largest absolute Gasteiger partial charge is 0.379 e. The van der Waals surface area contributed by atoms with Crippen LogP contribution in [0.1, 0.15) is 18.1 Å². The van der Waals surface area contributed by atoms with Crippen LogP contribution in [0, 0.1) is 10.8 Å². The van der Waals surface area contributed by atoms with Crippen molar-refractivity contribution < 1.29 is 4.74 Å². The highest BCUT2D eigenvalue weighted by Crippen LogP contribution is 2.15. The van der Waals surface area contributed by atoms with Crippen LogP contribution in [0.4, 0.5) is 5.69 Å². The zero-order chi connectivity index (χ0) is 18.8. The number of hydrogen-bond donors (Lipinski definition) is 1. The van der Waals surface area contributed by atoms with Gasteiger partial charge in [0.15, 0.2) is 0 Å². The van der Waals surface area contributed by atoms with Gasteiger partial charge in [0.1, 0.15) is 0 Å². The molecule has 1 heterocycles. The molecule has 0 saturated heterocycles. The number of likely N-dealkylation sites (N-methyl/N-ethyl adjacent to an activating group) is 1. The molecule has 1 aromatic heterocycles. The fourth-order valence-corrected chi connectivity index (χ4v) is 2.35. The van der Waals surface area contributed by atoms with Crippen LogP contribution in [-0.4, -0.2) is 38.3 Å². The fourth-order valence-electron chi connectivity index (χ4n) is 2.35. The summed E-state index contributed by atoms with van der Waals surface area (Å²) in [6.07, 6.45) is 5.65. The quantitative estimate of drug-likeness (QED) is 0.523. The van der Waals surface area contributed by atoms with E-state index in [0.717, 1.165) is 23.4 Å². The van der Waals surface area contributed by atoms with Crippen molar-refractivity contribution in [3.05, 3.63) is 69.0 Å². The second kappa shape index (κ2) is 10.3. The molecule has 0 amide bonds. The van der Waals surface area contributed by atoms with Gasteiger partial charge in [0.2, 0.25) is 5.56 Å². The summed E-state index contributed by atoms with van der Waals surface area (Å²) in [5, 5.41) is 2.88. The first-order chi connectivity index (χ1) is 12.6. The Morgan fingerprint density at radius 2 is 1.85 bits per heavy atom. The highest BCUT2D eigenvalue weighted by molar-refractivity contribution is 5.70. The second-order valence-corrected chi connectivity index (χ2v) is 6.32. The third-order valence-electron chi connectivity index (χ3n) is 3.97. The molecule has 0 radical (unpaired) electrons. The molecular formula is C20H25N3O3. The minimum atomic E-state index is -0.103. The normalized spacial score (nSPS) is 12.2. The minimum absolute atomic E-state index is 0.103. The van der Waals surface area contributed by atoms with Gasteiger partial charge in [-0.2, -0.15) is 4.91 Å². The third-order valence-corrected chi connectivity index (χ3v) is 3.97. The molecule has 26 heavy (non-hydrogen) atoms. The molecule has 0 aliphatic rings. The van der Waals surface area contributed by atoms with Crippen LogP contribution in [0.5, 0.6) is 0 Å². The zero-order valence-corrected chi connectivity index (χ0v) is 15.2. The van der Waals surface area contributed by atoms with E-state index in [1.807, 2.05) is 38.3 Å². The second-order valence-electron chi connectivity index (χ2n) is 6.32. The highest BCUT2D eigenvalue weighted by atomic mass is 16.5. The average molecular weight is 355 g/mol. The lowest BCUT2D eigenvalue weighted by Gasteiger charge is -2.20. The number of hydrogen-bond acceptors (Lipinski definition) is 5. The van der Waals surface area contributed by atoms with E-state index in [1.54, 1.807) is 12.3 Å². The molecule has 0 spiro atoms. The summed E-state index contributed by atoms with van der Waals surface area (Å²) in [7, 11) is 2.02. The van der Waals surface area contributed by atoms with E-state index in [0.29, 0.717) is 19.8 Å². The molecule has 138 valence electrons. The Balaban J connectivity index is 1.81. The molecule has 6 nitrogen and oxygen atoms in total. The summed E-state index contributed by atoms with van der Waals surface area (Å²) in [6.45, 7) is 4.17. The number of nitrogens with zero attached hydrogens (tertiary/aromatic N) is 2. The van der Waals surface area contributed by atoms with Gasteiger partial charge in [-0.1, -0.05) is 36.4 Å². The molecule has 2 rings (SSSR count). The molecule has 1 aromatic carbocycles. The first kappa shape index (κ1) is 19.6. The topological polar surface area (TPSA) is 74.8 Å². The first-order valence-electron chi connectivity index (χ1n) is 8.63. The van der Waals surface area contributed by atoms with Gasteiger partial charge < -0.3 is 14.6 Å². The van der Waals surface area contributed by atoms with Crippen LogP contribution in [-0.2, 0) is 4.74 Å². The number of rotatable bonds is 10. The zero-order valence-electron chi connectivity index (χ0n) is 15.2. The van der Waals surface area contributed by atoms with E-state index in [9.17, 15) is 9.70 Å². The molecule has 0 bridgehead atoms. The molecule has 0 saturated carbocycles. The van der Waals surface area contributed by atoms with E-state index in [4.69, 9.17) is 4.74 Å². The lowest BCUT2D eigenvalue weighted by Crippen LogP contribution is -2.23. The van der Waals surface area contributed by atoms with Crippen LogP contribution in [0.25, 0.3) is 12.2 Å². The number of benzene rings is 1. The van der Waals surface area contributed by atoms with Crippen LogP contribution < -0.4 is 10.5 Å². The number of ether oxygens (including phenoxy) is 1. The van der Waals surface area contributed by atoms with E-state index in [-0.39, 0.29) is 11.5 Å². The Bertz CT molecular complexity index is 748. The minimum Gasteiger partial charge on any atom is -0.379 e. The number of pyridine rings is 1. The van der Waals surface area contributed by atoms with E-state index in [1.165, 1.54) is 6.07 Å². The Hall–Kier alpha value is -2.73. The van der Waals surface area contributed by atoms with Crippen molar-refractivity contribution in [2.45, 2.75) is 6.92 Å². The average Bonchev–Trinajstić information content (AvgIpc) is 2.65. The van der Waals surface area contributed by atoms with Crippen LogP contribution in [0.15, 0.2) is 52.6 Å². The molecule has 0 aliphatic carbocycles. The molecule has 1 unspecified atom stereocenters. The van der Waals surface area contributed by atoms with Crippen molar-refractivity contribution in [3.8, 4) is 0 Å². The summed E-state index contributed by atoms with van der Waals surface area (Å²) >= 11 is 0. The number of nitrogens with one attached hydrogen (secondary N) is 1. The highest BCUT2D eigenvalue weighted by Gasteiger charge is 2.04. The number of anilines is 1. The lowest BCUT2D eigenvalue weighted by atomic mass is 10.1. The van der Waals surface area contributed by atoms with Gasteiger partial charge in [-0.15, -0.1) is 0 Å². The Morgan fingerprint density at radius 3 is 2.50 bits per heavy atom. The third kappa shape index (κ3) is 6.64. The van der Waals surface area contributed by atoms with Gasteiger partial charge in [0.05, 0.1) is 19.8 Å². The number of aromatic nitrogens is 1. The van der Waals surface area contributed by atoms with Crippen molar-refractivity contribution in [2.75, 3.05) is 38.3 Å². The van der Waals surface area contributed by atoms with Gasteiger partial charge in [-0.25, -0.2) is 0 Å². The fraction of sp³-hybridized carbons (Fsp3) is 0.350. The summed E-state index contributed by atoms with van der Waals surface area (Å²) in [5.41, 5.74) is 3.03. The van der Waals surface area contributed by atoms with Gasteiger partial charge >= 0.3 is 0 Å². The maximum Gasteiger partial charge on any atom is 0.247 e. The lowest BCUT2D eigenvalue weighted by molar-refractivity contribution is 0.113.